The summed E-state index contributed by atoms with van der Waals surface area (Å²) in [5, 5.41) is 13.5. The number of nitrogens with one attached hydrogen (secondary N) is 4. The Kier molecular flexibility index (Phi) is 9.05. The lowest BCUT2D eigenvalue weighted by molar-refractivity contribution is 0.0948. The maximum Gasteiger partial charge on any atom is 0.271 e. The minimum Gasteiger partial charge on any atom is -0.495 e. The van der Waals surface area contributed by atoms with E-state index in [1.807, 2.05) is 36.7 Å². The lowest BCUT2D eigenvalue weighted by atomic mass is 9.96. The summed E-state index contributed by atoms with van der Waals surface area (Å²) in [5.41, 5.74) is 1.49. The number of aromatic nitrogens is 2. The average molecular weight is 463 g/mol. The van der Waals surface area contributed by atoms with Crippen LogP contribution in [0.25, 0.3) is 0 Å². The van der Waals surface area contributed by atoms with E-state index >= 15 is 0 Å². The Morgan fingerprint density at radius 3 is 2.69 bits per heavy atom. The number of amides is 1. The molecule has 0 unspecified atom stereocenters. The molecule has 1 aliphatic carbocycles. The fourth-order valence-electron chi connectivity index (χ4n) is 4.04. The molecule has 1 aliphatic rings. The summed E-state index contributed by atoms with van der Waals surface area (Å²) in [4.78, 5) is 17.9. The first-order valence-corrected chi connectivity index (χ1v) is 11.8. The van der Waals surface area contributed by atoms with Crippen molar-refractivity contribution in [3.8, 4) is 5.75 Å². The molecule has 2 aromatic rings. The fourth-order valence-corrected chi connectivity index (χ4v) is 4.32. The molecule has 32 heavy (non-hydrogen) atoms. The molecule has 176 valence electrons. The van der Waals surface area contributed by atoms with Crippen LogP contribution in [-0.4, -0.2) is 55.3 Å². The Labute approximate surface area is 195 Å². The number of benzene rings is 1. The van der Waals surface area contributed by atoms with Gasteiger partial charge in [0, 0.05) is 25.7 Å². The number of carbonyl (C=O) groups excluding carboxylic acids is 1. The fraction of sp³-hybridized carbons (Fsp3) is 0.565. The van der Waals surface area contributed by atoms with Gasteiger partial charge in [-0.1, -0.05) is 36.9 Å². The maximum absolute atomic E-state index is 13.1. The topological polar surface area (TPSA) is 92.2 Å². The van der Waals surface area contributed by atoms with Crippen molar-refractivity contribution in [2.24, 2.45) is 0 Å². The molecule has 1 aromatic carbocycles. The first kappa shape index (κ1) is 24.2. The lowest BCUT2D eigenvalue weighted by Gasteiger charge is -2.24. The third-order valence-electron chi connectivity index (χ3n) is 5.68. The minimum absolute atomic E-state index is 0.150. The van der Waals surface area contributed by atoms with Crippen molar-refractivity contribution >= 4 is 29.3 Å². The standard InChI is InChI=1S/C23H35ClN6O2/c1-4-26-22(31)20-21(27-13-12-25-2)29-23(28-17-8-6-5-7-9-17)30(20)15-16-10-11-19(32-3)18(24)14-16/h10-11,14,17,25,27H,4-9,12-13,15H2,1-3H3,(H,26,31)(H,28,29). The molecule has 0 saturated heterocycles. The number of nitrogens with zero attached hydrogens (tertiary/aromatic N) is 2. The number of imidazole rings is 1. The molecule has 1 amide bonds. The Morgan fingerprint density at radius 1 is 1.25 bits per heavy atom. The monoisotopic (exact) mass is 462 g/mol. The van der Waals surface area contributed by atoms with Crippen LogP contribution in [-0.2, 0) is 6.54 Å². The number of carbonyl (C=O) groups is 1. The molecule has 0 atom stereocenters. The van der Waals surface area contributed by atoms with Crippen molar-refractivity contribution in [3.05, 3.63) is 34.5 Å². The van der Waals surface area contributed by atoms with Crippen LogP contribution in [0.1, 0.15) is 55.1 Å². The third kappa shape index (κ3) is 6.07. The molecular formula is C23H35ClN6O2. The molecule has 8 nitrogen and oxygen atoms in total. The first-order chi connectivity index (χ1) is 15.6. The van der Waals surface area contributed by atoms with E-state index in [0.717, 1.165) is 24.9 Å². The number of likely N-dealkylation sites (N-methyl/N-ethyl adjacent to an activating group) is 1. The van der Waals surface area contributed by atoms with E-state index in [2.05, 4.69) is 21.3 Å². The summed E-state index contributed by atoms with van der Waals surface area (Å²) >= 11 is 6.37. The van der Waals surface area contributed by atoms with Gasteiger partial charge in [0.05, 0.1) is 18.7 Å². The van der Waals surface area contributed by atoms with E-state index in [0.29, 0.717) is 53.9 Å². The Bertz CT molecular complexity index is 895. The van der Waals surface area contributed by atoms with E-state index in [9.17, 15) is 4.79 Å². The largest absolute Gasteiger partial charge is 0.495 e. The molecule has 3 rings (SSSR count). The second-order valence-electron chi connectivity index (χ2n) is 8.06. The summed E-state index contributed by atoms with van der Waals surface area (Å²) in [6.07, 6.45) is 5.92. The number of ether oxygens (including phenoxy) is 1. The van der Waals surface area contributed by atoms with Gasteiger partial charge in [0.2, 0.25) is 5.95 Å². The van der Waals surface area contributed by atoms with Gasteiger partial charge < -0.3 is 26.0 Å². The summed E-state index contributed by atoms with van der Waals surface area (Å²) in [7, 11) is 3.49. The van der Waals surface area contributed by atoms with E-state index < -0.39 is 0 Å². The number of methoxy groups -OCH3 is 1. The normalized spacial score (nSPS) is 14.2. The lowest BCUT2D eigenvalue weighted by Crippen LogP contribution is -2.29. The SMILES string of the molecule is CCNC(=O)c1c(NCCNC)nc(NC2CCCCC2)n1Cc1ccc(OC)c(Cl)c1. The zero-order valence-electron chi connectivity index (χ0n) is 19.3. The van der Waals surface area contributed by atoms with Gasteiger partial charge in [0.15, 0.2) is 11.5 Å². The molecule has 0 bridgehead atoms. The van der Waals surface area contributed by atoms with Crippen molar-refractivity contribution in [2.75, 3.05) is 44.4 Å². The molecule has 0 radical (unpaired) electrons. The molecule has 1 aromatic heterocycles. The number of anilines is 2. The molecule has 1 saturated carbocycles. The number of hydrogen-bond donors (Lipinski definition) is 4. The predicted molar refractivity (Wildman–Crippen MR) is 130 cm³/mol. The van der Waals surface area contributed by atoms with Gasteiger partial charge in [0.25, 0.3) is 5.91 Å². The molecule has 0 aliphatic heterocycles. The van der Waals surface area contributed by atoms with Crippen molar-refractivity contribution in [1.29, 1.82) is 0 Å². The second kappa shape index (κ2) is 12.0. The van der Waals surface area contributed by atoms with Crippen LogP contribution in [0.15, 0.2) is 18.2 Å². The zero-order chi connectivity index (χ0) is 22.9. The molecule has 4 N–H and O–H groups in total. The smallest absolute Gasteiger partial charge is 0.271 e. The minimum atomic E-state index is -0.150. The van der Waals surface area contributed by atoms with Gasteiger partial charge in [0.1, 0.15) is 5.75 Å². The molecule has 0 spiro atoms. The van der Waals surface area contributed by atoms with E-state index in [-0.39, 0.29) is 5.91 Å². The second-order valence-corrected chi connectivity index (χ2v) is 8.46. The number of hydrogen-bond acceptors (Lipinski definition) is 6. The number of rotatable bonds is 11. The summed E-state index contributed by atoms with van der Waals surface area (Å²) < 4.78 is 7.24. The number of halogens is 1. The third-order valence-corrected chi connectivity index (χ3v) is 5.98. The quantitative estimate of drug-likeness (QED) is 0.380. The van der Waals surface area contributed by atoms with Crippen molar-refractivity contribution in [3.63, 3.8) is 0 Å². The van der Waals surface area contributed by atoms with Gasteiger partial charge in [-0.25, -0.2) is 0 Å². The van der Waals surface area contributed by atoms with Gasteiger partial charge in [-0.2, -0.15) is 4.98 Å². The summed E-state index contributed by atoms with van der Waals surface area (Å²) in [6.45, 7) is 4.35. The van der Waals surface area contributed by atoms with Crippen LogP contribution in [0.5, 0.6) is 5.75 Å². The summed E-state index contributed by atoms with van der Waals surface area (Å²) in [5.74, 6) is 1.77. The molecular weight excluding hydrogens is 428 g/mol. The molecule has 1 heterocycles. The Balaban J connectivity index is 1.99. The van der Waals surface area contributed by atoms with Crippen LogP contribution in [0.3, 0.4) is 0 Å². The van der Waals surface area contributed by atoms with Gasteiger partial charge >= 0.3 is 0 Å². The first-order valence-electron chi connectivity index (χ1n) is 11.4. The van der Waals surface area contributed by atoms with E-state index in [1.54, 1.807) is 7.11 Å². The molecule has 1 fully saturated rings. The highest BCUT2D eigenvalue weighted by molar-refractivity contribution is 6.32. The molecule has 9 heteroatoms. The van der Waals surface area contributed by atoms with Gasteiger partial charge in [-0.15, -0.1) is 0 Å². The Morgan fingerprint density at radius 2 is 2.03 bits per heavy atom. The van der Waals surface area contributed by atoms with Crippen molar-refractivity contribution in [2.45, 2.75) is 51.6 Å². The van der Waals surface area contributed by atoms with Crippen LogP contribution in [0, 0.1) is 0 Å². The van der Waals surface area contributed by atoms with Crippen LogP contribution >= 0.6 is 11.6 Å². The Hall–Kier alpha value is -2.45. The highest BCUT2D eigenvalue weighted by Gasteiger charge is 2.25. The average Bonchev–Trinajstić information content (AvgIpc) is 3.11. The highest BCUT2D eigenvalue weighted by atomic mass is 35.5. The van der Waals surface area contributed by atoms with Crippen LogP contribution in [0.2, 0.25) is 5.02 Å². The van der Waals surface area contributed by atoms with Gasteiger partial charge in [-0.3, -0.25) is 9.36 Å². The van der Waals surface area contributed by atoms with Gasteiger partial charge in [-0.05, 0) is 44.5 Å². The van der Waals surface area contributed by atoms with E-state index in [4.69, 9.17) is 21.3 Å². The van der Waals surface area contributed by atoms with Crippen LogP contribution in [0.4, 0.5) is 11.8 Å². The predicted octanol–water partition coefficient (Wildman–Crippen LogP) is 3.72. The van der Waals surface area contributed by atoms with Crippen LogP contribution < -0.4 is 26.0 Å². The van der Waals surface area contributed by atoms with E-state index in [1.165, 1.54) is 19.3 Å². The van der Waals surface area contributed by atoms with Crippen molar-refractivity contribution < 1.29 is 9.53 Å². The summed E-state index contributed by atoms with van der Waals surface area (Å²) in [6, 6.07) is 6.04. The highest BCUT2D eigenvalue weighted by Crippen LogP contribution is 2.29. The maximum atomic E-state index is 13.1. The zero-order valence-corrected chi connectivity index (χ0v) is 20.0. The van der Waals surface area contributed by atoms with Crippen molar-refractivity contribution in [1.82, 2.24) is 20.2 Å².